The van der Waals surface area contributed by atoms with Crippen LogP contribution in [0.2, 0.25) is 0 Å². The summed E-state index contributed by atoms with van der Waals surface area (Å²) in [4.78, 5) is 22.6. The van der Waals surface area contributed by atoms with Gasteiger partial charge in [-0.25, -0.2) is 0 Å². The molecule has 4 N–H and O–H groups in total. The predicted octanol–water partition coefficient (Wildman–Crippen LogP) is 2.42. The van der Waals surface area contributed by atoms with Gasteiger partial charge in [-0.3, -0.25) is 9.59 Å². The van der Waals surface area contributed by atoms with E-state index in [1.165, 1.54) is 5.56 Å². The molecule has 0 amide bonds. The van der Waals surface area contributed by atoms with Crippen LogP contribution in [-0.2, 0) is 21.4 Å². The van der Waals surface area contributed by atoms with Gasteiger partial charge in [0.1, 0.15) is 5.54 Å². The van der Waals surface area contributed by atoms with E-state index in [-0.39, 0.29) is 11.8 Å². The molecule has 0 aromatic heterocycles. The van der Waals surface area contributed by atoms with Gasteiger partial charge in [0.05, 0.1) is 5.92 Å². The van der Waals surface area contributed by atoms with Crippen LogP contribution in [0.4, 0.5) is 0 Å². The van der Waals surface area contributed by atoms with Gasteiger partial charge < -0.3 is 15.9 Å². The van der Waals surface area contributed by atoms with Crippen molar-refractivity contribution in [2.75, 3.05) is 0 Å². The molecule has 2 rings (SSSR count). The summed E-state index contributed by atoms with van der Waals surface area (Å²) >= 11 is 0. The van der Waals surface area contributed by atoms with E-state index < -0.39 is 29.3 Å². The number of benzene rings is 1. The second-order valence-electron chi connectivity index (χ2n) is 7.58. The number of carboxylic acid groups (broad SMARTS) is 2. The molecule has 5 nitrogen and oxygen atoms in total. The molecule has 0 radical (unpaired) electrons. The molecule has 0 aliphatic heterocycles. The number of aryl methyl sites for hydroxylation is 1. The smallest absolute Gasteiger partial charge is 0.324 e. The fourth-order valence-electron chi connectivity index (χ4n) is 3.03. The number of hydrogen-bond acceptors (Lipinski definition) is 3. The standard InChI is InChI=1S/C18H25NO4/c1-17(2,3)12-6-4-5-11(9-12)7-8-18(19,16(22)23)14-10-13(14)15(20)21/h4-6,9,13-14H,7-8,10,19H2,1-3H3,(H,20,21)(H,22,23)/t13-,14?,18+/m0/s1. The van der Waals surface area contributed by atoms with E-state index >= 15 is 0 Å². The first kappa shape index (κ1) is 17.5. The van der Waals surface area contributed by atoms with Crippen molar-refractivity contribution in [3.63, 3.8) is 0 Å². The van der Waals surface area contributed by atoms with Crippen LogP contribution in [-0.4, -0.2) is 27.7 Å². The number of hydrogen-bond donors (Lipinski definition) is 3. The quantitative estimate of drug-likeness (QED) is 0.747. The molecule has 1 aromatic rings. The summed E-state index contributed by atoms with van der Waals surface area (Å²) in [5, 5.41) is 18.5. The van der Waals surface area contributed by atoms with Gasteiger partial charge in [-0.1, -0.05) is 45.0 Å². The molecule has 0 spiro atoms. The molecule has 1 aliphatic rings. The Morgan fingerprint density at radius 2 is 1.91 bits per heavy atom. The first-order valence-corrected chi connectivity index (χ1v) is 7.90. The molecule has 1 saturated carbocycles. The Balaban J connectivity index is 2.11. The van der Waals surface area contributed by atoms with Crippen molar-refractivity contribution < 1.29 is 19.8 Å². The van der Waals surface area contributed by atoms with Crippen molar-refractivity contribution in [1.29, 1.82) is 0 Å². The Morgan fingerprint density at radius 3 is 2.39 bits per heavy atom. The summed E-state index contributed by atoms with van der Waals surface area (Å²) in [7, 11) is 0. The summed E-state index contributed by atoms with van der Waals surface area (Å²) in [5.74, 6) is -3.18. The lowest BCUT2D eigenvalue weighted by molar-refractivity contribution is -0.145. The molecule has 23 heavy (non-hydrogen) atoms. The zero-order chi connectivity index (χ0) is 17.4. The van der Waals surface area contributed by atoms with Crippen molar-refractivity contribution in [1.82, 2.24) is 0 Å². The third-order valence-corrected chi connectivity index (χ3v) is 4.79. The van der Waals surface area contributed by atoms with E-state index in [2.05, 4.69) is 32.9 Å². The SMILES string of the molecule is CC(C)(C)c1cccc(CC[C@](N)(C(=O)O)C2C[C@@H]2C(=O)O)c1. The molecule has 0 bridgehead atoms. The third-order valence-electron chi connectivity index (χ3n) is 4.79. The second kappa shape index (κ2) is 5.96. The zero-order valence-electron chi connectivity index (χ0n) is 13.9. The first-order chi connectivity index (χ1) is 10.6. The lowest BCUT2D eigenvalue weighted by atomic mass is 9.83. The van der Waals surface area contributed by atoms with Crippen LogP contribution in [0.25, 0.3) is 0 Å². The lowest BCUT2D eigenvalue weighted by Gasteiger charge is -2.25. The van der Waals surface area contributed by atoms with Crippen LogP contribution in [0.1, 0.15) is 44.7 Å². The minimum atomic E-state index is -1.47. The van der Waals surface area contributed by atoms with E-state index in [4.69, 9.17) is 10.8 Å². The van der Waals surface area contributed by atoms with Crippen LogP contribution < -0.4 is 5.73 Å². The van der Waals surface area contributed by atoms with E-state index in [0.717, 1.165) is 5.56 Å². The van der Waals surface area contributed by atoms with Gasteiger partial charge in [-0.05, 0) is 35.8 Å². The number of carbonyl (C=O) groups is 2. The Morgan fingerprint density at radius 1 is 1.26 bits per heavy atom. The predicted molar refractivity (Wildman–Crippen MR) is 87.3 cm³/mol. The zero-order valence-corrected chi connectivity index (χ0v) is 13.9. The Labute approximate surface area is 136 Å². The maximum atomic E-state index is 11.6. The van der Waals surface area contributed by atoms with E-state index in [9.17, 15) is 14.7 Å². The fourth-order valence-corrected chi connectivity index (χ4v) is 3.03. The molecular formula is C18H25NO4. The Bertz CT molecular complexity index is 620. The van der Waals surface area contributed by atoms with E-state index in [1.54, 1.807) is 0 Å². The Kier molecular flexibility index (Phi) is 4.53. The van der Waals surface area contributed by atoms with Crippen molar-refractivity contribution in [3.05, 3.63) is 35.4 Å². The fraction of sp³-hybridized carbons (Fsp3) is 0.556. The van der Waals surface area contributed by atoms with Crippen LogP contribution >= 0.6 is 0 Å². The van der Waals surface area contributed by atoms with Crippen molar-refractivity contribution >= 4 is 11.9 Å². The summed E-state index contributed by atoms with van der Waals surface area (Å²) in [6.07, 6.45) is 1.11. The summed E-state index contributed by atoms with van der Waals surface area (Å²) in [6.45, 7) is 6.37. The second-order valence-corrected chi connectivity index (χ2v) is 7.58. The molecule has 0 heterocycles. The molecule has 3 atom stereocenters. The van der Waals surface area contributed by atoms with E-state index in [0.29, 0.717) is 12.8 Å². The van der Waals surface area contributed by atoms with Gasteiger partial charge in [-0.2, -0.15) is 0 Å². The third kappa shape index (κ3) is 3.72. The topological polar surface area (TPSA) is 101 Å². The van der Waals surface area contributed by atoms with Crippen molar-refractivity contribution in [2.45, 2.75) is 51.0 Å². The Hall–Kier alpha value is -1.88. The molecule has 126 valence electrons. The van der Waals surface area contributed by atoms with Crippen molar-refractivity contribution in [2.24, 2.45) is 17.6 Å². The van der Waals surface area contributed by atoms with Gasteiger partial charge in [0, 0.05) is 5.92 Å². The highest BCUT2D eigenvalue weighted by Gasteiger charge is 2.57. The first-order valence-electron chi connectivity index (χ1n) is 7.90. The van der Waals surface area contributed by atoms with Gasteiger partial charge in [0.25, 0.3) is 0 Å². The average Bonchev–Trinajstić information content (AvgIpc) is 3.25. The number of rotatable bonds is 6. The molecule has 1 unspecified atom stereocenters. The van der Waals surface area contributed by atoms with Gasteiger partial charge >= 0.3 is 11.9 Å². The number of aliphatic carboxylic acids is 2. The van der Waals surface area contributed by atoms with Crippen molar-refractivity contribution in [3.8, 4) is 0 Å². The maximum absolute atomic E-state index is 11.6. The molecule has 0 saturated heterocycles. The normalized spacial score (nSPS) is 23.1. The van der Waals surface area contributed by atoms with Crippen LogP contribution in [0.3, 0.4) is 0 Å². The maximum Gasteiger partial charge on any atom is 0.324 e. The van der Waals surface area contributed by atoms with Crippen LogP contribution in [0, 0.1) is 11.8 Å². The highest BCUT2D eigenvalue weighted by molar-refractivity contribution is 5.83. The van der Waals surface area contributed by atoms with E-state index in [1.807, 2.05) is 12.1 Å². The molecule has 1 aliphatic carbocycles. The monoisotopic (exact) mass is 319 g/mol. The summed E-state index contributed by atoms with van der Waals surface area (Å²) in [6, 6.07) is 8.05. The highest BCUT2D eigenvalue weighted by atomic mass is 16.4. The van der Waals surface area contributed by atoms with Crippen LogP contribution in [0.15, 0.2) is 24.3 Å². The minimum Gasteiger partial charge on any atom is -0.481 e. The van der Waals surface area contributed by atoms with Gasteiger partial charge in [0.15, 0.2) is 0 Å². The molecular weight excluding hydrogens is 294 g/mol. The largest absolute Gasteiger partial charge is 0.481 e. The molecule has 1 aromatic carbocycles. The van der Waals surface area contributed by atoms with Gasteiger partial charge in [0.2, 0.25) is 0 Å². The summed E-state index contributed by atoms with van der Waals surface area (Å²) in [5.41, 5.74) is 6.84. The lowest BCUT2D eigenvalue weighted by Crippen LogP contribution is -2.51. The van der Waals surface area contributed by atoms with Crippen LogP contribution in [0.5, 0.6) is 0 Å². The van der Waals surface area contributed by atoms with Gasteiger partial charge in [-0.15, -0.1) is 0 Å². The summed E-state index contributed by atoms with van der Waals surface area (Å²) < 4.78 is 0. The number of carboxylic acids is 2. The highest BCUT2D eigenvalue weighted by Crippen LogP contribution is 2.47. The molecule has 1 fully saturated rings. The minimum absolute atomic E-state index is 0.0213. The average molecular weight is 319 g/mol. The molecule has 5 heteroatoms. The number of nitrogens with two attached hydrogens (primary N) is 1.